The third-order valence-electron chi connectivity index (χ3n) is 3.60. The molecule has 1 amide bonds. The van der Waals surface area contributed by atoms with E-state index in [9.17, 15) is 24.8 Å². The summed E-state index contributed by atoms with van der Waals surface area (Å²) in [5.41, 5.74) is 6.55. The summed E-state index contributed by atoms with van der Waals surface area (Å²) in [5.74, 6) is -1.80. The number of aliphatic carboxylic acids is 1. The van der Waals surface area contributed by atoms with Crippen molar-refractivity contribution in [1.82, 2.24) is 5.32 Å². The molecule has 0 bridgehead atoms. The van der Waals surface area contributed by atoms with Crippen molar-refractivity contribution in [3.05, 3.63) is 64.2 Å². The van der Waals surface area contributed by atoms with E-state index < -0.39 is 22.8 Å². The zero-order chi connectivity index (χ0) is 19.1. The van der Waals surface area contributed by atoms with E-state index in [1.165, 1.54) is 12.1 Å². The lowest BCUT2D eigenvalue weighted by atomic mass is 10.1. The number of hydrogen-bond donors (Lipinski definition) is 4. The van der Waals surface area contributed by atoms with Crippen molar-refractivity contribution in [3.8, 4) is 0 Å². The van der Waals surface area contributed by atoms with Crippen LogP contribution in [0.5, 0.6) is 0 Å². The summed E-state index contributed by atoms with van der Waals surface area (Å²) in [6.45, 7) is 0.282. The maximum Gasteiger partial charge on any atom is 0.321 e. The normalized spacial score (nSPS) is 11.5. The van der Waals surface area contributed by atoms with Crippen LogP contribution in [-0.2, 0) is 16.1 Å². The van der Waals surface area contributed by atoms with E-state index >= 15 is 0 Å². The standard InChI is InChI=1S/C17H18N4O5/c18-13-7-6-12(21(25)26)8-14(13)20-16(22)9-15(17(23)24)19-10-11-4-2-1-3-5-11/h1-8,15,19H,9-10,18H2,(H,20,22)(H,23,24)/t15-/m1/s1. The molecule has 0 spiro atoms. The maximum atomic E-state index is 12.1. The molecule has 2 aromatic carbocycles. The molecule has 0 unspecified atom stereocenters. The van der Waals surface area contributed by atoms with E-state index in [1.807, 2.05) is 30.3 Å². The third-order valence-corrected chi connectivity index (χ3v) is 3.60. The fourth-order valence-corrected chi connectivity index (χ4v) is 2.24. The van der Waals surface area contributed by atoms with Crippen LogP contribution in [0.15, 0.2) is 48.5 Å². The summed E-state index contributed by atoms with van der Waals surface area (Å²) in [7, 11) is 0. The minimum absolute atomic E-state index is 0.0661. The van der Waals surface area contributed by atoms with Crippen LogP contribution < -0.4 is 16.4 Å². The van der Waals surface area contributed by atoms with Crippen molar-refractivity contribution in [2.75, 3.05) is 11.1 Å². The van der Waals surface area contributed by atoms with Crippen LogP contribution >= 0.6 is 0 Å². The van der Waals surface area contributed by atoms with Crippen LogP contribution in [0, 0.1) is 10.1 Å². The van der Waals surface area contributed by atoms with E-state index in [-0.39, 0.29) is 30.0 Å². The number of benzene rings is 2. The molecule has 2 rings (SSSR count). The van der Waals surface area contributed by atoms with E-state index in [1.54, 1.807) is 0 Å². The number of nitro benzene ring substituents is 1. The first kappa shape index (κ1) is 18.9. The first-order chi connectivity index (χ1) is 12.4. The number of carboxylic acid groups (broad SMARTS) is 1. The third kappa shape index (κ3) is 5.28. The number of carboxylic acids is 1. The number of nitrogens with zero attached hydrogens (tertiary/aromatic N) is 1. The number of nitro groups is 1. The van der Waals surface area contributed by atoms with Gasteiger partial charge in [-0.3, -0.25) is 25.0 Å². The quantitative estimate of drug-likeness (QED) is 0.319. The highest BCUT2D eigenvalue weighted by Crippen LogP contribution is 2.24. The van der Waals surface area contributed by atoms with Crippen LogP contribution in [0.1, 0.15) is 12.0 Å². The Hall–Kier alpha value is -3.46. The van der Waals surface area contributed by atoms with Gasteiger partial charge in [0.2, 0.25) is 5.91 Å². The van der Waals surface area contributed by atoms with Gasteiger partial charge in [-0.05, 0) is 11.6 Å². The zero-order valence-corrected chi connectivity index (χ0v) is 13.7. The number of carbonyl (C=O) groups is 2. The van der Waals surface area contributed by atoms with E-state index in [0.717, 1.165) is 11.6 Å². The Labute approximate surface area is 149 Å². The molecule has 26 heavy (non-hydrogen) atoms. The molecule has 5 N–H and O–H groups in total. The maximum absolute atomic E-state index is 12.1. The second-order valence-corrected chi connectivity index (χ2v) is 5.54. The molecule has 0 aliphatic heterocycles. The van der Waals surface area contributed by atoms with Gasteiger partial charge in [-0.25, -0.2) is 0 Å². The molecule has 0 heterocycles. The number of nitrogen functional groups attached to an aromatic ring is 1. The number of carbonyl (C=O) groups excluding carboxylic acids is 1. The predicted molar refractivity (Wildman–Crippen MR) is 95.5 cm³/mol. The second-order valence-electron chi connectivity index (χ2n) is 5.54. The van der Waals surface area contributed by atoms with Gasteiger partial charge < -0.3 is 16.2 Å². The van der Waals surface area contributed by atoms with Crippen LogP contribution in [-0.4, -0.2) is 27.9 Å². The molecule has 9 nitrogen and oxygen atoms in total. The van der Waals surface area contributed by atoms with Crippen LogP contribution in [0.2, 0.25) is 0 Å². The van der Waals surface area contributed by atoms with Crippen molar-refractivity contribution in [2.45, 2.75) is 19.0 Å². The number of amides is 1. The van der Waals surface area contributed by atoms with Crippen LogP contribution in [0.4, 0.5) is 17.1 Å². The van der Waals surface area contributed by atoms with E-state index in [4.69, 9.17) is 5.73 Å². The van der Waals surface area contributed by atoms with Crippen molar-refractivity contribution in [3.63, 3.8) is 0 Å². The van der Waals surface area contributed by atoms with E-state index in [0.29, 0.717) is 0 Å². The molecule has 0 saturated carbocycles. The molecule has 0 aromatic heterocycles. The monoisotopic (exact) mass is 358 g/mol. The first-order valence-electron chi connectivity index (χ1n) is 7.70. The molecule has 9 heteroatoms. The number of rotatable bonds is 8. The lowest BCUT2D eigenvalue weighted by Crippen LogP contribution is -2.39. The molecule has 1 atom stereocenters. The van der Waals surface area contributed by atoms with Crippen molar-refractivity contribution in [1.29, 1.82) is 0 Å². The minimum atomic E-state index is -1.18. The molecule has 2 aromatic rings. The van der Waals surface area contributed by atoms with Gasteiger partial charge in [0.1, 0.15) is 6.04 Å². The smallest absolute Gasteiger partial charge is 0.321 e. The zero-order valence-electron chi connectivity index (χ0n) is 13.7. The molecule has 0 aliphatic rings. The molecule has 0 fully saturated rings. The molecule has 0 aliphatic carbocycles. The predicted octanol–water partition coefficient (Wildman–Crippen LogP) is 1.75. The van der Waals surface area contributed by atoms with Crippen molar-refractivity contribution < 1.29 is 19.6 Å². The Morgan fingerprint density at radius 2 is 1.88 bits per heavy atom. The second kappa shape index (κ2) is 8.58. The average Bonchev–Trinajstić information content (AvgIpc) is 2.61. The van der Waals surface area contributed by atoms with Crippen LogP contribution in [0.3, 0.4) is 0 Å². The topological polar surface area (TPSA) is 148 Å². The van der Waals surface area contributed by atoms with Gasteiger partial charge in [0.15, 0.2) is 0 Å². The summed E-state index contributed by atoms with van der Waals surface area (Å²) in [6.07, 6.45) is -0.357. The first-order valence-corrected chi connectivity index (χ1v) is 7.70. The number of non-ortho nitro benzene ring substituents is 1. The van der Waals surface area contributed by atoms with Gasteiger partial charge in [0.25, 0.3) is 5.69 Å². The number of anilines is 2. The molecule has 136 valence electrons. The number of nitrogens with two attached hydrogens (primary N) is 1. The van der Waals surface area contributed by atoms with Gasteiger partial charge in [-0.2, -0.15) is 0 Å². The van der Waals surface area contributed by atoms with Gasteiger partial charge >= 0.3 is 5.97 Å². The molecular weight excluding hydrogens is 340 g/mol. The van der Waals surface area contributed by atoms with Crippen molar-refractivity contribution >= 4 is 28.9 Å². The SMILES string of the molecule is Nc1ccc([N+](=O)[O-])cc1NC(=O)C[C@@H](NCc1ccccc1)C(=O)O. The van der Waals surface area contributed by atoms with Crippen molar-refractivity contribution in [2.24, 2.45) is 0 Å². The molecular formula is C17H18N4O5. The molecule has 0 radical (unpaired) electrons. The Morgan fingerprint density at radius 1 is 1.19 bits per heavy atom. The lowest BCUT2D eigenvalue weighted by Gasteiger charge is -2.15. The minimum Gasteiger partial charge on any atom is -0.480 e. The summed E-state index contributed by atoms with van der Waals surface area (Å²) in [4.78, 5) is 33.7. The Morgan fingerprint density at radius 3 is 2.50 bits per heavy atom. The van der Waals surface area contributed by atoms with Crippen LogP contribution in [0.25, 0.3) is 0 Å². The Kier molecular flexibility index (Phi) is 6.23. The highest BCUT2D eigenvalue weighted by Gasteiger charge is 2.21. The summed E-state index contributed by atoms with van der Waals surface area (Å²) < 4.78 is 0. The number of hydrogen-bond acceptors (Lipinski definition) is 6. The summed E-state index contributed by atoms with van der Waals surface area (Å²) in [6, 6.07) is 11.7. The fraction of sp³-hybridized carbons (Fsp3) is 0.176. The highest BCUT2D eigenvalue weighted by atomic mass is 16.6. The largest absolute Gasteiger partial charge is 0.480 e. The Bertz CT molecular complexity index is 810. The lowest BCUT2D eigenvalue weighted by molar-refractivity contribution is -0.384. The summed E-state index contributed by atoms with van der Waals surface area (Å²) in [5, 5.41) is 25.3. The van der Waals surface area contributed by atoms with Gasteiger partial charge in [0.05, 0.1) is 22.7 Å². The highest BCUT2D eigenvalue weighted by molar-refractivity contribution is 5.96. The Balaban J connectivity index is 2.00. The van der Waals surface area contributed by atoms with Gasteiger partial charge in [-0.15, -0.1) is 0 Å². The van der Waals surface area contributed by atoms with Gasteiger partial charge in [-0.1, -0.05) is 30.3 Å². The average molecular weight is 358 g/mol. The van der Waals surface area contributed by atoms with Gasteiger partial charge in [0, 0.05) is 18.7 Å². The van der Waals surface area contributed by atoms with E-state index in [2.05, 4.69) is 10.6 Å². The number of nitrogens with one attached hydrogen (secondary N) is 2. The summed E-state index contributed by atoms with van der Waals surface area (Å²) >= 11 is 0. The molecule has 0 saturated heterocycles. The fourth-order valence-electron chi connectivity index (χ4n) is 2.24.